The Kier molecular flexibility index (Phi) is 12.4. The van der Waals surface area contributed by atoms with Crippen molar-refractivity contribution in [2.75, 3.05) is 19.8 Å². The van der Waals surface area contributed by atoms with Crippen LogP contribution < -0.4 is 0 Å². The van der Waals surface area contributed by atoms with Crippen LogP contribution in [0.3, 0.4) is 0 Å². The Balaban J connectivity index is 2.59. The molecule has 21 heteroatoms. The Morgan fingerprint density at radius 2 is 0.824 bits per heavy atom. The molecule has 0 radical (unpaired) electrons. The van der Waals surface area contributed by atoms with Crippen LogP contribution in [0.15, 0.2) is 0 Å². The van der Waals surface area contributed by atoms with Gasteiger partial charge >= 0.3 is 0 Å². The molecular formula is C30H50O21. The van der Waals surface area contributed by atoms with Crippen LogP contribution in [0.2, 0.25) is 0 Å². The summed E-state index contributed by atoms with van der Waals surface area (Å²) in [4.78, 5) is 39.5. The largest absolute Gasteiger partial charge is 0.394 e. The van der Waals surface area contributed by atoms with E-state index in [-0.39, 0.29) is 0 Å². The Bertz CT molecular complexity index is 1320. The van der Waals surface area contributed by atoms with Crippen molar-refractivity contribution in [1.29, 1.82) is 0 Å². The third-order valence-corrected chi connectivity index (χ3v) is 11.2. The molecule has 296 valence electrons. The molecule has 0 bridgehead atoms. The number of aliphatic hydroxyl groups excluding tert-OH is 9. The van der Waals surface area contributed by atoms with Crippen molar-refractivity contribution in [1.82, 2.24) is 0 Å². The molecule has 0 aromatic rings. The van der Waals surface area contributed by atoms with Gasteiger partial charge in [0.05, 0.1) is 19.8 Å². The van der Waals surface area contributed by atoms with Gasteiger partial charge in [0, 0.05) is 17.8 Å². The van der Waals surface area contributed by atoms with Gasteiger partial charge in [0.25, 0.3) is 0 Å². The smallest absolute Gasteiger partial charge is 0.209 e. The monoisotopic (exact) mass is 746 g/mol. The first-order valence-corrected chi connectivity index (χ1v) is 16.1. The van der Waals surface area contributed by atoms with E-state index in [0.717, 1.165) is 13.8 Å². The van der Waals surface area contributed by atoms with E-state index >= 15 is 0 Å². The first-order valence-electron chi connectivity index (χ1n) is 16.1. The zero-order chi connectivity index (χ0) is 39.6. The molecule has 3 fully saturated rings. The Hall–Kier alpha value is -1.71. The quantitative estimate of drug-likeness (QED) is 0.0881. The van der Waals surface area contributed by atoms with E-state index in [1.807, 2.05) is 0 Å². The van der Waals surface area contributed by atoms with Crippen molar-refractivity contribution in [2.45, 2.75) is 130 Å². The number of Topliss-reactive ketones (excluding diaryl/α,β-unsaturated/α-hetero) is 3. The summed E-state index contributed by atoms with van der Waals surface area (Å²) in [5.74, 6) is -23.9. The molecular weight excluding hydrogens is 696 g/mol. The molecule has 3 aliphatic rings. The number of hydrogen-bond donors (Lipinski definition) is 15. The average molecular weight is 747 g/mol. The minimum absolute atomic E-state index is 0.561. The fourth-order valence-corrected chi connectivity index (χ4v) is 8.11. The number of rotatable bonds is 12. The van der Waals surface area contributed by atoms with Gasteiger partial charge < -0.3 is 90.8 Å². The van der Waals surface area contributed by atoms with Crippen molar-refractivity contribution >= 4 is 17.3 Å². The second-order valence-corrected chi connectivity index (χ2v) is 13.7. The number of carbonyl (C=O) groups excluding carboxylic acids is 3. The van der Waals surface area contributed by atoms with E-state index in [2.05, 4.69) is 0 Å². The van der Waals surface area contributed by atoms with Crippen LogP contribution >= 0.6 is 0 Å². The number of ether oxygens (including phenoxy) is 3. The lowest BCUT2D eigenvalue weighted by molar-refractivity contribution is -0.455. The lowest BCUT2D eigenvalue weighted by atomic mass is 9.56. The predicted octanol–water partition coefficient (Wildman–Crippen LogP) is -8.37. The van der Waals surface area contributed by atoms with Crippen molar-refractivity contribution in [2.24, 2.45) is 17.8 Å². The third-order valence-electron chi connectivity index (χ3n) is 11.2. The van der Waals surface area contributed by atoms with Gasteiger partial charge in [-0.25, -0.2) is 0 Å². The number of aliphatic hydroxyl groups is 15. The van der Waals surface area contributed by atoms with Gasteiger partial charge in [0.1, 0.15) is 54.9 Å². The highest BCUT2D eigenvalue weighted by molar-refractivity contribution is 5.88. The van der Waals surface area contributed by atoms with Gasteiger partial charge in [-0.2, -0.15) is 0 Å². The topological polar surface area (TPSA) is 382 Å². The van der Waals surface area contributed by atoms with Gasteiger partial charge in [-0.1, -0.05) is 13.8 Å². The van der Waals surface area contributed by atoms with Crippen LogP contribution in [0.5, 0.6) is 0 Å². The Morgan fingerprint density at radius 3 is 1.12 bits per heavy atom. The zero-order valence-corrected chi connectivity index (χ0v) is 28.4. The number of carbonyl (C=O) groups is 3. The zero-order valence-electron chi connectivity index (χ0n) is 28.4. The molecule has 3 unspecified atom stereocenters. The summed E-state index contributed by atoms with van der Waals surface area (Å²) in [6.45, 7) is -0.144. The summed E-state index contributed by atoms with van der Waals surface area (Å²) in [5.41, 5.74) is -11.2. The lowest BCUT2D eigenvalue weighted by Gasteiger charge is -2.63. The molecule has 0 amide bonds. The summed E-state index contributed by atoms with van der Waals surface area (Å²) < 4.78 is 16.4. The molecule has 0 aromatic carbocycles. The van der Waals surface area contributed by atoms with Crippen LogP contribution in [-0.4, -0.2) is 203 Å². The van der Waals surface area contributed by atoms with Crippen molar-refractivity contribution in [3.63, 3.8) is 0 Å². The first-order chi connectivity index (χ1) is 23.3. The van der Waals surface area contributed by atoms with Crippen LogP contribution in [0.1, 0.15) is 41.0 Å². The van der Waals surface area contributed by atoms with Gasteiger partial charge in [0.2, 0.25) is 34.2 Å². The standard InChI is InChI=1S/C30H50O21/c1-6-14(29(47)26(44,12(4)35)23(41)20(38)16(8-32)50-29)18(30(48)27(45,13(5)36)24(42)21(39)17(9-33)51-30)10(2)28(46)25(43,11(3)34)22(40)19(37)15(7-31)49-28/h10,14-24,31-33,37-48H,6-9H2,1-5H3/t10?,14?,15-,16-,17-,18?,19-,20-,21-,22+,23+,24+,25-,26-,27-,28-,29-,30-/m1/s1. The molecule has 3 saturated heterocycles. The van der Waals surface area contributed by atoms with Crippen LogP contribution in [-0.2, 0) is 28.6 Å². The molecule has 15 N–H and O–H groups in total. The highest BCUT2D eigenvalue weighted by Gasteiger charge is 2.79. The molecule has 3 aliphatic heterocycles. The highest BCUT2D eigenvalue weighted by Crippen LogP contribution is 2.58. The van der Waals surface area contributed by atoms with Gasteiger partial charge in [-0.15, -0.1) is 0 Å². The molecule has 21 nitrogen and oxygen atoms in total. The van der Waals surface area contributed by atoms with Crippen LogP contribution in [0.4, 0.5) is 0 Å². The van der Waals surface area contributed by atoms with Crippen molar-refractivity contribution < 1.29 is 105 Å². The maximum absolute atomic E-state index is 13.3. The molecule has 0 spiro atoms. The van der Waals surface area contributed by atoms with Crippen LogP contribution in [0, 0.1) is 17.8 Å². The second kappa shape index (κ2) is 14.5. The fraction of sp³-hybridized carbons (Fsp3) is 0.900. The summed E-state index contributed by atoms with van der Waals surface area (Å²) in [6, 6.07) is 0. The van der Waals surface area contributed by atoms with E-state index in [0.29, 0.717) is 20.8 Å². The van der Waals surface area contributed by atoms with Gasteiger partial charge in [0.15, 0.2) is 17.3 Å². The predicted molar refractivity (Wildman–Crippen MR) is 160 cm³/mol. The fourth-order valence-electron chi connectivity index (χ4n) is 8.11. The lowest BCUT2D eigenvalue weighted by Crippen LogP contribution is -2.84. The number of hydrogen-bond acceptors (Lipinski definition) is 21. The molecule has 0 aliphatic carbocycles. The van der Waals surface area contributed by atoms with E-state index in [1.54, 1.807) is 0 Å². The molecule has 3 rings (SSSR count). The van der Waals surface area contributed by atoms with Gasteiger partial charge in [-0.05, 0) is 27.2 Å². The maximum atomic E-state index is 13.3. The van der Waals surface area contributed by atoms with Gasteiger partial charge in [-0.3, -0.25) is 14.4 Å². The molecule has 0 saturated carbocycles. The normalized spacial score (nSPS) is 49.5. The summed E-state index contributed by atoms with van der Waals surface area (Å²) in [7, 11) is 0. The summed E-state index contributed by atoms with van der Waals surface area (Å²) in [6.07, 6.45) is -22.4. The van der Waals surface area contributed by atoms with E-state index in [1.165, 1.54) is 0 Å². The summed E-state index contributed by atoms with van der Waals surface area (Å²) in [5, 5.41) is 168. The summed E-state index contributed by atoms with van der Waals surface area (Å²) >= 11 is 0. The minimum Gasteiger partial charge on any atom is -0.394 e. The Morgan fingerprint density at radius 1 is 0.549 bits per heavy atom. The average Bonchev–Trinajstić information content (AvgIpc) is 3.08. The molecule has 3 heterocycles. The SMILES string of the molecule is CCC(C(C(C)[C@@]1(O)O[C@H](CO)[C@@H](O)[C@H](O)[C@]1(O)C(C)=O)[C@@]1(O)O[C@H](CO)[C@@H](O)[C@H](O)[C@]1(O)C(C)=O)[C@@]1(O)O[C@H](CO)[C@@H](O)[C@H](O)[C@]1(O)C(C)=O. The van der Waals surface area contributed by atoms with E-state index in [4.69, 9.17) is 14.2 Å². The molecule has 0 aromatic heterocycles. The number of ketones is 3. The van der Waals surface area contributed by atoms with E-state index < -0.39 is 150 Å². The Labute approximate surface area is 290 Å². The highest BCUT2D eigenvalue weighted by atomic mass is 16.7. The first kappa shape index (κ1) is 43.7. The minimum atomic E-state index is -3.95. The van der Waals surface area contributed by atoms with Crippen molar-refractivity contribution in [3.05, 3.63) is 0 Å². The van der Waals surface area contributed by atoms with E-state index in [9.17, 15) is 91.0 Å². The molecule has 51 heavy (non-hydrogen) atoms. The third kappa shape index (κ3) is 5.74. The molecule has 18 atom stereocenters. The maximum Gasteiger partial charge on any atom is 0.209 e. The van der Waals surface area contributed by atoms with Crippen LogP contribution in [0.25, 0.3) is 0 Å². The second-order valence-electron chi connectivity index (χ2n) is 13.7. The van der Waals surface area contributed by atoms with Crippen molar-refractivity contribution in [3.8, 4) is 0 Å².